The zero-order valence-corrected chi connectivity index (χ0v) is 10.5. The molecule has 2 N–H and O–H groups in total. The van der Waals surface area contributed by atoms with E-state index in [1.54, 1.807) is 0 Å². The Bertz CT molecular complexity index is 552. The van der Waals surface area contributed by atoms with E-state index >= 15 is 0 Å². The highest BCUT2D eigenvalue weighted by Crippen LogP contribution is 2.20. The largest absolute Gasteiger partial charge is 0.395 e. The molecule has 0 aromatic heterocycles. The Kier molecular flexibility index (Phi) is 4.74. The van der Waals surface area contributed by atoms with Gasteiger partial charge < -0.3 is 10.2 Å². The van der Waals surface area contributed by atoms with Gasteiger partial charge >= 0.3 is 0 Å². The van der Waals surface area contributed by atoms with Gasteiger partial charge in [-0.3, -0.25) is 0 Å². The lowest BCUT2D eigenvalue weighted by Gasteiger charge is -2.15. The Labute approximate surface area is 113 Å². The van der Waals surface area contributed by atoms with Crippen LogP contribution in [0.5, 0.6) is 0 Å². The van der Waals surface area contributed by atoms with E-state index in [9.17, 15) is 10.2 Å². The maximum Gasteiger partial charge on any atom is 0.0949 e. The normalized spacial score (nSPS) is 13.2. The van der Waals surface area contributed by atoms with E-state index in [4.69, 9.17) is 0 Å². The molecule has 0 fully saturated rings. The first-order valence-corrected chi connectivity index (χ1v) is 6.21. The average molecular weight is 252 g/mol. The van der Waals surface area contributed by atoms with Gasteiger partial charge in [0.05, 0.1) is 18.6 Å². The molecule has 2 heteroatoms. The minimum Gasteiger partial charge on any atom is -0.395 e. The molecule has 19 heavy (non-hydrogen) atoms. The number of aliphatic hydroxyl groups excluding tert-OH is 2. The van der Waals surface area contributed by atoms with Crippen molar-refractivity contribution in [1.82, 2.24) is 0 Å². The molecular formula is C17H16O2. The van der Waals surface area contributed by atoms with Crippen molar-refractivity contribution in [2.45, 2.75) is 6.10 Å². The lowest BCUT2D eigenvalue weighted by atomic mass is 9.96. The highest BCUT2D eigenvalue weighted by Gasteiger charge is 2.17. The first-order valence-electron chi connectivity index (χ1n) is 6.21. The van der Waals surface area contributed by atoms with Gasteiger partial charge in [-0.25, -0.2) is 0 Å². The van der Waals surface area contributed by atoms with Crippen LogP contribution in [0.4, 0.5) is 0 Å². The SMILES string of the molecule is OC[C@@H](C#Cc1ccccc1)[C@H](O)c1ccccc1. The van der Waals surface area contributed by atoms with Gasteiger partial charge in [0.1, 0.15) is 0 Å². The maximum atomic E-state index is 10.2. The summed E-state index contributed by atoms with van der Waals surface area (Å²) >= 11 is 0. The molecule has 0 unspecified atom stereocenters. The summed E-state index contributed by atoms with van der Waals surface area (Å²) in [4.78, 5) is 0. The summed E-state index contributed by atoms with van der Waals surface area (Å²) in [5, 5.41) is 19.6. The first-order chi connectivity index (χ1) is 9.31. The molecule has 96 valence electrons. The molecule has 0 aliphatic rings. The van der Waals surface area contributed by atoms with Crippen LogP contribution in [0.1, 0.15) is 17.2 Å². The molecule has 0 aliphatic carbocycles. The minimum absolute atomic E-state index is 0.171. The van der Waals surface area contributed by atoms with E-state index < -0.39 is 12.0 Å². The van der Waals surface area contributed by atoms with Crippen molar-refractivity contribution in [2.75, 3.05) is 6.61 Å². The standard InChI is InChI=1S/C17H16O2/c18-13-16(12-11-14-7-3-1-4-8-14)17(19)15-9-5-2-6-10-15/h1-10,16-19H,13H2/t16-,17-/m1/s1. The highest BCUT2D eigenvalue weighted by molar-refractivity contribution is 5.35. The summed E-state index contributed by atoms with van der Waals surface area (Å²) in [5.41, 5.74) is 1.64. The Balaban J connectivity index is 2.15. The van der Waals surface area contributed by atoms with Crippen LogP contribution in [-0.2, 0) is 0 Å². The molecule has 2 aromatic carbocycles. The summed E-state index contributed by atoms with van der Waals surface area (Å²) < 4.78 is 0. The van der Waals surface area contributed by atoms with Crippen LogP contribution in [-0.4, -0.2) is 16.8 Å². The predicted molar refractivity (Wildman–Crippen MR) is 75.3 cm³/mol. The first kappa shape index (κ1) is 13.4. The van der Waals surface area contributed by atoms with Crippen LogP contribution >= 0.6 is 0 Å². The van der Waals surface area contributed by atoms with Crippen molar-refractivity contribution in [3.8, 4) is 11.8 Å². The molecule has 2 atom stereocenters. The van der Waals surface area contributed by atoms with E-state index in [1.165, 1.54) is 0 Å². The fourth-order valence-electron chi connectivity index (χ4n) is 1.80. The molecule has 0 amide bonds. The second-order valence-electron chi connectivity index (χ2n) is 4.28. The van der Waals surface area contributed by atoms with E-state index in [2.05, 4.69) is 11.8 Å². The third-order valence-electron chi connectivity index (χ3n) is 2.89. The quantitative estimate of drug-likeness (QED) is 0.823. The van der Waals surface area contributed by atoms with Gasteiger partial charge in [0.2, 0.25) is 0 Å². The Morgan fingerprint density at radius 1 is 0.895 bits per heavy atom. The topological polar surface area (TPSA) is 40.5 Å². The van der Waals surface area contributed by atoms with Crippen molar-refractivity contribution in [3.05, 3.63) is 71.8 Å². The summed E-state index contributed by atoms with van der Waals surface area (Å²) in [6.45, 7) is -0.171. The number of aliphatic hydroxyl groups is 2. The van der Waals surface area contributed by atoms with Crippen molar-refractivity contribution < 1.29 is 10.2 Å². The summed E-state index contributed by atoms with van der Waals surface area (Å²) in [5.74, 6) is 5.43. The van der Waals surface area contributed by atoms with Crippen molar-refractivity contribution in [3.63, 3.8) is 0 Å². The van der Waals surface area contributed by atoms with Crippen LogP contribution in [0.3, 0.4) is 0 Å². The smallest absolute Gasteiger partial charge is 0.0949 e. The van der Waals surface area contributed by atoms with Crippen molar-refractivity contribution in [1.29, 1.82) is 0 Å². The number of rotatable bonds is 3. The molecule has 0 aliphatic heterocycles. The monoisotopic (exact) mass is 252 g/mol. The third kappa shape index (κ3) is 3.69. The van der Waals surface area contributed by atoms with E-state index in [0.29, 0.717) is 0 Å². The third-order valence-corrected chi connectivity index (χ3v) is 2.89. The second-order valence-corrected chi connectivity index (χ2v) is 4.28. The minimum atomic E-state index is -0.776. The average Bonchev–Trinajstić information content (AvgIpc) is 2.49. The number of hydrogen-bond acceptors (Lipinski definition) is 2. The molecule has 2 nitrogen and oxygen atoms in total. The van der Waals surface area contributed by atoms with Crippen LogP contribution in [0.2, 0.25) is 0 Å². The van der Waals surface area contributed by atoms with E-state index in [0.717, 1.165) is 11.1 Å². The molecule has 0 saturated heterocycles. The van der Waals surface area contributed by atoms with E-state index in [-0.39, 0.29) is 6.61 Å². The van der Waals surface area contributed by atoms with Crippen LogP contribution in [0.15, 0.2) is 60.7 Å². The Hall–Kier alpha value is -2.08. The second kappa shape index (κ2) is 6.75. The summed E-state index contributed by atoms with van der Waals surface area (Å²) in [6.07, 6.45) is -0.776. The van der Waals surface area contributed by atoms with Gasteiger partial charge in [0.15, 0.2) is 0 Å². The maximum absolute atomic E-state index is 10.2. The Morgan fingerprint density at radius 2 is 1.47 bits per heavy atom. The predicted octanol–water partition coefficient (Wildman–Crippen LogP) is 2.38. The molecular weight excluding hydrogens is 236 g/mol. The van der Waals surface area contributed by atoms with Crippen LogP contribution < -0.4 is 0 Å². The zero-order chi connectivity index (χ0) is 13.5. The van der Waals surface area contributed by atoms with Gasteiger partial charge in [0.25, 0.3) is 0 Å². The Morgan fingerprint density at radius 3 is 2.05 bits per heavy atom. The van der Waals surface area contributed by atoms with E-state index in [1.807, 2.05) is 60.7 Å². The summed E-state index contributed by atoms with van der Waals surface area (Å²) in [6, 6.07) is 18.8. The molecule has 0 saturated carbocycles. The molecule has 0 heterocycles. The molecule has 2 rings (SSSR count). The molecule has 0 radical (unpaired) electrons. The van der Waals surface area contributed by atoms with Gasteiger partial charge in [-0.15, -0.1) is 0 Å². The van der Waals surface area contributed by atoms with Gasteiger partial charge in [-0.2, -0.15) is 0 Å². The molecule has 0 bridgehead atoms. The lowest BCUT2D eigenvalue weighted by molar-refractivity contribution is 0.0966. The van der Waals surface area contributed by atoms with Crippen LogP contribution in [0.25, 0.3) is 0 Å². The van der Waals surface area contributed by atoms with Crippen molar-refractivity contribution in [2.24, 2.45) is 5.92 Å². The van der Waals surface area contributed by atoms with Crippen LogP contribution in [0, 0.1) is 17.8 Å². The van der Waals surface area contributed by atoms with Gasteiger partial charge in [-0.1, -0.05) is 60.4 Å². The van der Waals surface area contributed by atoms with Gasteiger partial charge in [0, 0.05) is 5.56 Å². The summed E-state index contributed by atoms with van der Waals surface area (Å²) in [7, 11) is 0. The fourth-order valence-corrected chi connectivity index (χ4v) is 1.80. The fraction of sp³-hybridized carbons (Fsp3) is 0.176. The van der Waals surface area contributed by atoms with Gasteiger partial charge in [-0.05, 0) is 17.7 Å². The highest BCUT2D eigenvalue weighted by atomic mass is 16.3. The number of hydrogen-bond donors (Lipinski definition) is 2. The molecule has 0 spiro atoms. The van der Waals surface area contributed by atoms with Crippen molar-refractivity contribution >= 4 is 0 Å². The zero-order valence-electron chi connectivity index (χ0n) is 10.5. The lowest BCUT2D eigenvalue weighted by Crippen LogP contribution is -2.14. The number of benzene rings is 2. The molecule has 2 aromatic rings.